The molecule has 0 aromatic carbocycles. The third-order valence-electron chi connectivity index (χ3n) is 3.19. The van der Waals surface area contributed by atoms with Gasteiger partial charge in [0.1, 0.15) is 5.82 Å². The van der Waals surface area contributed by atoms with Crippen molar-refractivity contribution in [2.45, 2.75) is 32.6 Å². The van der Waals surface area contributed by atoms with Gasteiger partial charge in [0.25, 0.3) is 0 Å². The number of aryl methyl sites for hydroxylation is 1. The van der Waals surface area contributed by atoms with E-state index >= 15 is 0 Å². The average Bonchev–Trinajstić information content (AvgIpc) is 2.59. The number of allylic oxidation sites excluding steroid dienone is 1. The Kier molecular flexibility index (Phi) is 4.26. The summed E-state index contributed by atoms with van der Waals surface area (Å²) in [5.41, 5.74) is 7.36. The monoisotopic (exact) mass is 364 g/mol. The Balaban J connectivity index is 2.19. The maximum absolute atomic E-state index is 6.08. The summed E-state index contributed by atoms with van der Waals surface area (Å²) in [5, 5.41) is 1.10. The first-order valence-electron chi connectivity index (χ1n) is 5.68. The Morgan fingerprint density at radius 1 is 1.65 bits per heavy atom. The van der Waals surface area contributed by atoms with E-state index in [0.717, 1.165) is 11.4 Å². The number of rotatable bonds is 4. The number of hydrogen-bond acceptors (Lipinski definition) is 5. The van der Waals surface area contributed by atoms with Gasteiger partial charge in [0.2, 0.25) is 0 Å². The van der Waals surface area contributed by atoms with Crippen molar-refractivity contribution in [3.8, 4) is 0 Å². The minimum atomic E-state index is 0.609. The molecule has 6 heteroatoms. The van der Waals surface area contributed by atoms with Gasteiger partial charge in [0.05, 0.1) is 27.9 Å². The molecule has 0 spiro atoms. The number of nitrogens with two attached hydrogens (primary N) is 2. The van der Waals surface area contributed by atoms with Crippen molar-refractivity contribution in [3.05, 3.63) is 27.5 Å². The summed E-state index contributed by atoms with van der Waals surface area (Å²) >= 11 is 3.76. The van der Waals surface area contributed by atoms with Crippen LogP contribution in [-0.4, -0.2) is 8.21 Å². The van der Waals surface area contributed by atoms with Crippen LogP contribution in [-0.2, 0) is 6.42 Å². The maximum Gasteiger partial charge on any atom is 0.123 e. The van der Waals surface area contributed by atoms with Crippen LogP contribution in [0.15, 0.2) is 17.6 Å². The molecule has 0 radical (unpaired) electrons. The van der Waals surface area contributed by atoms with Crippen LogP contribution in [0.3, 0.4) is 0 Å². The summed E-state index contributed by atoms with van der Waals surface area (Å²) in [6.45, 7) is 2.03. The highest BCUT2D eigenvalue weighted by Crippen LogP contribution is 2.36. The smallest absolute Gasteiger partial charge is 0.123 e. The fourth-order valence-corrected chi connectivity index (χ4v) is 3.14. The summed E-state index contributed by atoms with van der Waals surface area (Å²) in [7, 11) is 0. The van der Waals surface area contributed by atoms with Gasteiger partial charge in [0, 0.05) is 17.5 Å². The lowest BCUT2D eigenvalue weighted by Gasteiger charge is -2.30. The highest BCUT2D eigenvalue weighted by atomic mass is 127. The highest BCUT2D eigenvalue weighted by molar-refractivity contribution is 14.1. The van der Waals surface area contributed by atoms with E-state index in [1.165, 1.54) is 32.9 Å². The first-order valence-corrected chi connectivity index (χ1v) is 7.46. The molecule has 0 bridgehead atoms. The van der Waals surface area contributed by atoms with Crippen LogP contribution in [0, 0.1) is 12.8 Å². The van der Waals surface area contributed by atoms with Crippen LogP contribution in [0.25, 0.3) is 0 Å². The largest absolute Gasteiger partial charge is 0.384 e. The number of hydrazine groups is 1. The van der Waals surface area contributed by atoms with E-state index in [1.54, 1.807) is 11.3 Å². The van der Waals surface area contributed by atoms with Crippen LogP contribution in [0.2, 0.25) is 0 Å². The van der Waals surface area contributed by atoms with E-state index < -0.39 is 0 Å². The lowest BCUT2D eigenvalue weighted by molar-refractivity contribution is 0.354. The number of thiazole rings is 1. The van der Waals surface area contributed by atoms with Crippen molar-refractivity contribution in [2.75, 3.05) is 0 Å². The zero-order chi connectivity index (χ0) is 12.4. The van der Waals surface area contributed by atoms with E-state index in [9.17, 15) is 0 Å². The van der Waals surface area contributed by atoms with E-state index in [4.69, 9.17) is 11.6 Å². The molecular formula is C11H17IN4S. The van der Waals surface area contributed by atoms with Gasteiger partial charge in [0.15, 0.2) is 0 Å². The van der Waals surface area contributed by atoms with E-state index in [-0.39, 0.29) is 0 Å². The number of nitrogens with zero attached hydrogens (tertiary/aromatic N) is 2. The van der Waals surface area contributed by atoms with Gasteiger partial charge in [-0.2, -0.15) is 0 Å². The first-order chi connectivity index (χ1) is 8.08. The Bertz CT molecular complexity index is 423. The second kappa shape index (κ2) is 5.53. The second-order valence-electron chi connectivity index (χ2n) is 4.37. The van der Waals surface area contributed by atoms with Crippen LogP contribution in [0.5, 0.6) is 0 Å². The molecule has 4 N–H and O–H groups in total. The minimum absolute atomic E-state index is 0.609. The fourth-order valence-electron chi connectivity index (χ4n) is 2.01. The van der Waals surface area contributed by atoms with Crippen LogP contribution >= 0.6 is 34.2 Å². The molecule has 1 aromatic rings. The van der Waals surface area contributed by atoms with Crippen LogP contribution in [0.1, 0.15) is 29.1 Å². The van der Waals surface area contributed by atoms with Gasteiger partial charge in [-0.1, -0.05) is 6.42 Å². The third kappa shape index (κ3) is 3.11. The van der Waals surface area contributed by atoms with Gasteiger partial charge in [-0.25, -0.2) is 14.0 Å². The molecule has 2 rings (SSSR count). The van der Waals surface area contributed by atoms with E-state index in [2.05, 4.69) is 4.98 Å². The molecule has 1 heterocycles. The van der Waals surface area contributed by atoms with Gasteiger partial charge in [-0.3, -0.25) is 0 Å². The molecule has 0 saturated heterocycles. The molecule has 4 nitrogen and oxygen atoms in total. The molecule has 1 aliphatic carbocycles. The standard InChI is InChI=1S/C11H17IN4S/c1-7-15-6-9(17-7)5-10(8-3-2-4-8)11(13)16(12)14/h6,8H,2-5,13-14H2,1H3/b11-10+. The molecule has 17 heavy (non-hydrogen) atoms. The summed E-state index contributed by atoms with van der Waals surface area (Å²) in [6.07, 6.45) is 6.60. The van der Waals surface area contributed by atoms with Gasteiger partial charge in [-0.15, -0.1) is 11.3 Å². The number of aromatic nitrogens is 1. The molecule has 1 aromatic heterocycles. The molecule has 0 aliphatic heterocycles. The maximum atomic E-state index is 6.08. The van der Waals surface area contributed by atoms with Crippen LogP contribution < -0.4 is 11.6 Å². The summed E-state index contributed by atoms with van der Waals surface area (Å²) in [5.74, 6) is 7.06. The lowest BCUT2D eigenvalue weighted by atomic mass is 9.78. The Hall–Kier alpha value is -0.340. The number of halogens is 1. The molecule has 0 atom stereocenters. The topological polar surface area (TPSA) is 68.2 Å². The van der Waals surface area contributed by atoms with Gasteiger partial charge in [-0.05, 0) is 31.3 Å². The SMILES string of the molecule is Cc1ncc(C/C(=C(/N)N(N)I)C2CCC2)s1. The molecule has 0 unspecified atom stereocenters. The van der Waals surface area contributed by atoms with Crippen molar-refractivity contribution in [3.63, 3.8) is 0 Å². The normalized spacial score (nSPS) is 17.6. The van der Waals surface area contributed by atoms with E-state index in [1.807, 2.05) is 36.0 Å². The number of hydrogen-bond donors (Lipinski definition) is 2. The first kappa shape index (κ1) is 13.1. The minimum Gasteiger partial charge on any atom is -0.384 e. The van der Waals surface area contributed by atoms with Crippen molar-refractivity contribution in [1.29, 1.82) is 0 Å². The van der Waals surface area contributed by atoms with E-state index in [0.29, 0.717) is 11.7 Å². The Labute approximate surface area is 120 Å². The van der Waals surface area contributed by atoms with Crippen molar-refractivity contribution >= 4 is 34.2 Å². The van der Waals surface area contributed by atoms with Crippen molar-refractivity contribution < 1.29 is 0 Å². The third-order valence-corrected chi connectivity index (χ3v) is 4.62. The Morgan fingerprint density at radius 3 is 2.76 bits per heavy atom. The highest BCUT2D eigenvalue weighted by Gasteiger charge is 2.25. The quantitative estimate of drug-likeness (QED) is 0.373. The zero-order valence-electron chi connectivity index (χ0n) is 9.82. The summed E-state index contributed by atoms with van der Waals surface area (Å²) in [4.78, 5) is 5.55. The van der Waals surface area contributed by atoms with Crippen molar-refractivity contribution in [1.82, 2.24) is 8.21 Å². The summed E-state index contributed by atoms with van der Waals surface area (Å²) < 4.78 is 1.50. The van der Waals surface area contributed by atoms with Crippen LogP contribution in [0.4, 0.5) is 0 Å². The summed E-state index contributed by atoms with van der Waals surface area (Å²) in [6, 6.07) is 0. The molecular weight excluding hydrogens is 347 g/mol. The second-order valence-corrected chi connectivity index (χ2v) is 6.73. The predicted molar refractivity (Wildman–Crippen MR) is 79.2 cm³/mol. The molecule has 0 amide bonds. The fraction of sp³-hybridized carbons (Fsp3) is 0.545. The zero-order valence-corrected chi connectivity index (χ0v) is 12.8. The predicted octanol–water partition coefficient (Wildman–Crippen LogP) is 2.49. The molecule has 1 saturated carbocycles. The molecule has 94 valence electrons. The Morgan fingerprint density at radius 2 is 2.35 bits per heavy atom. The lowest BCUT2D eigenvalue weighted by Crippen LogP contribution is -2.30. The molecule has 1 aliphatic rings. The van der Waals surface area contributed by atoms with Gasteiger partial charge >= 0.3 is 0 Å². The van der Waals surface area contributed by atoms with Crippen molar-refractivity contribution in [2.24, 2.45) is 17.5 Å². The van der Waals surface area contributed by atoms with Gasteiger partial charge < -0.3 is 5.73 Å². The molecule has 1 fully saturated rings. The average molecular weight is 364 g/mol.